The lowest BCUT2D eigenvalue weighted by molar-refractivity contribution is 0.185. The number of nitrogens with one attached hydrogen (secondary N) is 1. The molecule has 110 valence electrons. The Balaban J connectivity index is 1.86. The van der Waals surface area contributed by atoms with E-state index < -0.39 is 0 Å². The first-order valence-electron chi connectivity index (χ1n) is 6.94. The number of pyridine rings is 1. The van der Waals surface area contributed by atoms with Crippen molar-refractivity contribution in [2.75, 3.05) is 12.4 Å². The summed E-state index contributed by atoms with van der Waals surface area (Å²) >= 11 is 0. The minimum absolute atomic E-state index is 0.544. The van der Waals surface area contributed by atoms with E-state index in [9.17, 15) is 0 Å². The Morgan fingerprint density at radius 2 is 1.77 bits per heavy atom. The monoisotopic (exact) mass is 292 g/mol. The molecule has 0 radical (unpaired) electrons. The van der Waals surface area contributed by atoms with Crippen molar-refractivity contribution in [1.29, 1.82) is 0 Å². The van der Waals surface area contributed by atoms with E-state index in [0.717, 1.165) is 22.6 Å². The van der Waals surface area contributed by atoms with Crippen LogP contribution in [0.2, 0.25) is 0 Å². The highest BCUT2D eigenvalue weighted by Crippen LogP contribution is 2.18. The molecular formula is C17H16N4O. The van der Waals surface area contributed by atoms with Gasteiger partial charge in [0.25, 0.3) is 0 Å². The SMILES string of the molecule is COCc1ccnc(-c2ccnc(Nc3ccccc3)n2)c1. The van der Waals surface area contributed by atoms with Crippen molar-refractivity contribution in [3.05, 3.63) is 66.5 Å². The Labute approximate surface area is 129 Å². The summed E-state index contributed by atoms with van der Waals surface area (Å²) in [6.07, 6.45) is 3.48. The van der Waals surface area contributed by atoms with Crippen LogP contribution in [0, 0.1) is 0 Å². The van der Waals surface area contributed by atoms with Crippen molar-refractivity contribution in [2.24, 2.45) is 0 Å². The molecule has 0 amide bonds. The highest BCUT2D eigenvalue weighted by molar-refractivity contribution is 5.59. The first kappa shape index (κ1) is 14.2. The highest BCUT2D eigenvalue weighted by atomic mass is 16.5. The van der Waals surface area contributed by atoms with E-state index in [4.69, 9.17) is 4.74 Å². The summed E-state index contributed by atoms with van der Waals surface area (Å²) < 4.78 is 5.15. The molecule has 1 aromatic carbocycles. The number of aromatic nitrogens is 3. The molecule has 0 aliphatic heterocycles. The smallest absolute Gasteiger partial charge is 0.227 e. The maximum atomic E-state index is 5.15. The van der Waals surface area contributed by atoms with Gasteiger partial charge in [0.05, 0.1) is 18.0 Å². The lowest BCUT2D eigenvalue weighted by Gasteiger charge is -2.07. The second-order valence-corrected chi connectivity index (χ2v) is 4.74. The number of nitrogens with zero attached hydrogens (tertiary/aromatic N) is 3. The molecule has 0 spiro atoms. The maximum Gasteiger partial charge on any atom is 0.227 e. The molecule has 2 heterocycles. The molecule has 2 aromatic heterocycles. The van der Waals surface area contributed by atoms with E-state index in [-0.39, 0.29) is 0 Å². The summed E-state index contributed by atoms with van der Waals surface area (Å²) in [5, 5.41) is 3.18. The molecule has 0 unspecified atom stereocenters. The summed E-state index contributed by atoms with van der Waals surface area (Å²) in [4.78, 5) is 13.1. The fourth-order valence-electron chi connectivity index (χ4n) is 2.08. The van der Waals surface area contributed by atoms with Gasteiger partial charge in [0.15, 0.2) is 0 Å². The van der Waals surface area contributed by atoms with E-state index >= 15 is 0 Å². The van der Waals surface area contributed by atoms with Crippen LogP contribution in [-0.4, -0.2) is 22.1 Å². The molecule has 0 fully saturated rings. The van der Waals surface area contributed by atoms with Crippen molar-refractivity contribution in [1.82, 2.24) is 15.0 Å². The van der Waals surface area contributed by atoms with Gasteiger partial charge in [0, 0.05) is 25.2 Å². The van der Waals surface area contributed by atoms with Gasteiger partial charge in [0.1, 0.15) is 0 Å². The third kappa shape index (κ3) is 3.45. The lowest BCUT2D eigenvalue weighted by Crippen LogP contribution is -1.99. The first-order chi connectivity index (χ1) is 10.8. The minimum atomic E-state index is 0.544. The van der Waals surface area contributed by atoms with E-state index in [1.807, 2.05) is 48.5 Å². The Kier molecular flexibility index (Phi) is 4.36. The van der Waals surface area contributed by atoms with Gasteiger partial charge in [-0.1, -0.05) is 18.2 Å². The van der Waals surface area contributed by atoms with E-state index in [1.54, 1.807) is 19.5 Å². The molecule has 3 aromatic rings. The molecule has 0 aliphatic rings. The molecule has 0 saturated heterocycles. The number of ether oxygens (including phenoxy) is 1. The summed E-state index contributed by atoms with van der Waals surface area (Å²) in [6, 6.07) is 15.6. The zero-order valence-corrected chi connectivity index (χ0v) is 12.2. The fraction of sp³-hybridized carbons (Fsp3) is 0.118. The maximum absolute atomic E-state index is 5.15. The van der Waals surface area contributed by atoms with Gasteiger partial charge in [-0.3, -0.25) is 4.98 Å². The molecular weight excluding hydrogens is 276 g/mol. The van der Waals surface area contributed by atoms with Crippen molar-refractivity contribution >= 4 is 11.6 Å². The van der Waals surface area contributed by atoms with E-state index in [0.29, 0.717) is 12.6 Å². The summed E-state index contributed by atoms with van der Waals surface area (Å²) in [5.41, 5.74) is 3.57. The fourth-order valence-corrected chi connectivity index (χ4v) is 2.08. The van der Waals surface area contributed by atoms with Gasteiger partial charge < -0.3 is 10.1 Å². The third-order valence-electron chi connectivity index (χ3n) is 3.08. The number of hydrogen-bond donors (Lipinski definition) is 1. The Hall–Kier alpha value is -2.79. The Morgan fingerprint density at radius 1 is 0.955 bits per heavy atom. The average Bonchev–Trinajstić information content (AvgIpc) is 2.57. The van der Waals surface area contributed by atoms with Crippen LogP contribution in [0.15, 0.2) is 60.9 Å². The van der Waals surface area contributed by atoms with Crippen LogP contribution in [0.1, 0.15) is 5.56 Å². The largest absolute Gasteiger partial charge is 0.380 e. The van der Waals surface area contributed by atoms with Crippen molar-refractivity contribution in [2.45, 2.75) is 6.61 Å². The van der Waals surface area contributed by atoms with Gasteiger partial charge in [-0.2, -0.15) is 0 Å². The predicted octanol–water partition coefficient (Wildman–Crippen LogP) is 3.43. The van der Waals surface area contributed by atoms with Gasteiger partial charge in [-0.25, -0.2) is 9.97 Å². The standard InChI is InChI=1S/C17H16N4O/c1-22-12-13-7-9-18-16(11-13)15-8-10-19-17(21-15)20-14-5-3-2-4-6-14/h2-11H,12H2,1H3,(H,19,20,21). The average molecular weight is 292 g/mol. The van der Waals surface area contributed by atoms with Crippen LogP contribution >= 0.6 is 0 Å². The molecule has 0 aliphatic carbocycles. The molecule has 5 heteroatoms. The number of hydrogen-bond acceptors (Lipinski definition) is 5. The quantitative estimate of drug-likeness (QED) is 0.780. The third-order valence-corrected chi connectivity index (χ3v) is 3.08. The van der Waals surface area contributed by atoms with E-state index in [2.05, 4.69) is 20.3 Å². The van der Waals surface area contributed by atoms with Crippen LogP contribution in [-0.2, 0) is 11.3 Å². The van der Waals surface area contributed by atoms with Gasteiger partial charge in [-0.05, 0) is 35.9 Å². The first-order valence-corrected chi connectivity index (χ1v) is 6.94. The summed E-state index contributed by atoms with van der Waals surface area (Å²) in [6.45, 7) is 0.551. The molecule has 1 N–H and O–H groups in total. The van der Waals surface area contributed by atoms with Gasteiger partial charge >= 0.3 is 0 Å². The zero-order chi connectivity index (χ0) is 15.2. The number of para-hydroxylation sites is 1. The second kappa shape index (κ2) is 6.78. The van der Waals surface area contributed by atoms with Crippen molar-refractivity contribution in [3.8, 4) is 11.4 Å². The Morgan fingerprint density at radius 3 is 2.59 bits per heavy atom. The normalized spacial score (nSPS) is 10.4. The van der Waals surface area contributed by atoms with Crippen LogP contribution in [0.5, 0.6) is 0 Å². The van der Waals surface area contributed by atoms with Crippen molar-refractivity contribution < 1.29 is 4.74 Å². The summed E-state index contributed by atoms with van der Waals surface area (Å²) in [5.74, 6) is 0.544. The lowest BCUT2D eigenvalue weighted by atomic mass is 10.2. The van der Waals surface area contributed by atoms with Crippen LogP contribution in [0.4, 0.5) is 11.6 Å². The zero-order valence-electron chi connectivity index (χ0n) is 12.2. The molecule has 0 saturated carbocycles. The predicted molar refractivity (Wildman–Crippen MR) is 85.7 cm³/mol. The number of benzene rings is 1. The van der Waals surface area contributed by atoms with E-state index in [1.165, 1.54) is 0 Å². The minimum Gasteiger partial charge on any atom is -0.380 e. The van der Waals surface area contributed by atoms with Crippen molar-refractivity contribution in [3.63, 3.8) is 0 Å². The number of rotatable bonds is 5. The Bertz CT molecular complexity index is 746. The van der Waals surface area contributed by atoms with Crippen LogP contribution in [0.3, 0.4) is 0 Å². The second-order valence-electron chi connectivity index (χ2n) is 4.74. The van der Waals surface area contributed by atoms with Gasteiger partial charge in [0.2, 0.25) is 5.95 Å². The van der Waals surface area contributed by atoms with Gasteiger partial charge in [-0.15, -0.1) is 0 Å². The molecule has 3 rings (SSSR count). The molecule has 5 nitrogen and oxygen atoms in total. The van der Waals surface area contributed by atoms with Crippen LogP contribution in [0.25, 0.3) is 11.4 Å². The molecule has 22 heavy (non-hydrogen) atoms. The molecule has 0 atom stereocenters. The molecule has 0 bridgehead atoms. The topological polar surface area (TPSA) is 59.9 Å². The van der Waals surface area contributed by atoms with Crippen LogP contribution < -0.4 is 5.32 Å². The number of anilines is 2. The number of methoxy groups -OCH3 is 1. The summed E-state index contributed by atoms with van der Waals surface area (Å²) in [7, 11) is 1.67. The highest BCUT2D eigenvalue weighted by Gasteiger charge is 2.05.